The van der Waals surface area contributed by atoms with E-state index in [1.54, 1.807) is 17.0 Å². The molecule has 3 aliphatic carbocycles. The van der Waals surface area contributed by atoms with Crippen LogP contribution < -0.4 is 4.74 Å². The van der Waals surface area contributed by atoms with Crippen LogP contribution in [0.4, 0.5) is 18.0 Å². The van der Waals surface area contributed by atoms with Gasteiger partial charge >= 0.3 is 12.3 Å². The van der Waals surface area contributed by atoms with Crippen LogP contribution in [0, 0.1) is 5.41 Å². The number of alkyl halides is 3. The van der Waals surface area contributed by atoms with Crippen LogP contribution in [0.5, 0.6) is 5.75 Å². The zero-order chi connectivity index (χ0) is 43.8. The van der Waals surface area contributed by atoms with E-state index in [4.69, 9.17) is 25.5 Å². The molecule has 4 aromatic carbocycles. The van der Waals surface area contributed by atoms with Crippen molar-refractivity contribution < 1.29 is 46.9 Å². The van der Waals surface area contributed by atoms with Crippen molar-refractivity contribution in [1.29, 1.82) is 0 Å². The number of carbonyl (C=O) groups excluding carboxylic acids is 2. The SMILES string of the molecule is CC1=CCCC2(C)C(CCC2(O)CN(CC2CCCO2)C(=O)Oc2ccc3ccccc3c2)c2ccc(cc2C(=O)c2ccc(-c3cc(C(F)(F)F)ccc3Cl)o2)CC(O)CC1. The molecule has 4 aliphatic rings. The summed E-state index contributed by atoms with van der Waals surface area (Å²) in [7, 11) is 0. The largest absolute Gasteiger partial charge is 0.453 e. The molecule has 9 rings (SSSR count). The molecular weight excluding hydrogens is 819 g/mol. The third kappa shape index (κ3) is 9.09. The number of hydrogen-bond donors (Lipinski definition) is 2. The molecule has 62 heavy (non-hydrogen) atoms. The normalized spacial score (nSPS) is 24.4. The quantitative estimate of drug-likeness (QED) is 0.118. The average molecular weight is 870 g/mol. The van der Waals surface area contributed by atoms with Crippen LogP contribution >= 0.6 is 11.6 Å². The summed E-state index contributed by atoms with van der Waals surface area (Å²) in [5.74, 6) is -0.581. The van der Waals surface area contributed by atoms with Crippen LogP contribution in [-0.4, -0.2) is 64.5 Å². The Morgan fingerprint density at radius 3 is 2.53 bits per heavy atom. The topological polar surface area (TPSA) is 109 Å². The lowest BCUT2D eigenvalue weighted by Gasteiger charge is -2.46. The highest BCUT2D eigenvalue weighted by atomic mass is 35.5. The Hall–Kier alpha value is -4.94. The van der Waals surface area contributed by atoms with Gasteiger partial charge in [0.05, 0.1) is 41.5 Å². The van der Waals surface area contributed by atoms with E-state index >= 15 is 0 Å². The van der Waals surface area contributed by atoms with E-state index in [-0.39, 0.29) is 47.2 Å². The molecule has 12 heteroatoms. The van der Waals surface area contributed by atoms with Gasteiger partial charge in [0.15, 0.2) is 5.76 Å². The van der Waals surface area contributed by atoms with Gasteiger partial charge in [0.25, 0.3) is 0 Å². The van der Waals surface area contributed by atoms with Crippen molar-refractivity contribution in [2.45, 2.75) is 102 Å². The Kier molecular flexibility index (Phi) is 12.5. The lowest BCUT2D eigenvalue weighted by molar-refractivity contribution is -0.137. The van der Waals surface area contributed by atoms with Gasteiger partial charge in [-0.3, -0.25) is 4.79 Å². The minimum absolute atomic E-state index is 0.00358. The summed E-state index contributed by atoms with van der Waals surface area (Å²) in [6.45, 7) is 4.85. The van der Waals surface area contributed by atoms with Crippen molar-refractivity contribution in [3.05, 3.63) is 136 Å². The average Bonchev–Trinajstić information content (AvgIpc) is 4.00. The lowest BCUT2D eigenvalue weighted by atomic mass is 9.64. The van der Waals surface area contributed by atoms with Crippen molar-refractivity contribution in [2.75, 3.05) is 19.7 Å². The number of furan rings is 1. The van der Waals surface area contributed by atoms with E-state index < -0.39 is 40.7 Å². The maximum Gasteiger partial charge on any atom is 0.416 e. The van der Waals surface area contributed by atoms with Gasteiger partial charge in [-0.15, -0.1) is 0 Å². The van der Waals surface area contributed by atoms with E-state index in [9.17, 15) is 33.0 Å². The van der Waals surface area contributed by atoms with Gasteiger partial charge in [-0.2, -0.15) is 13.2 Å². The van der Waals surface area contributed by atoms with Gasteiger partial charge in [0.1, 0.15) is 11.5 Å². The predicted molar refractivity (Wildman–Crippen MR) is 232 cm³/mol. The maximum absolute atomic E-state index is 14.7. The fourth-order valence-corrected chi connectivity index (χ4v) is 9.98. The second kappa shape index (κ2) is 17.7. The van der Waals surface area contributed by atoms with Gasteiger partial charge in [-0.25, -0.2) is 4.79 Å². The first-order chi connectivity index (χ1) is 29.6. The molecule has 2 bridgehead atoms. The number of ether oxygens (including phenoxy) is 2. The molecule has 1 aromatic heterocycles. The number of benzene rings is 4. The second-order valence-corrected chi connectivity index (χ2v) is 17.9. The number of ketones is 1. The molecule has 2 heterocycles. The summed E-state index contributed by atoms with van der Waals surface area (Å²) in [4.78, 5) is 30.5. The van der Waals surface area contributed by atoms with Crippen molar-refractivity contribution >= 4 is 34.2 Å². The van der Waals surface area contributed by atoms with Crippen LogP contribution in [0.15, 0.2) is 107 Å². The number of aliphatic hydroxyl groups excluding tert-OH is 1. The summed E-state index contributed by atoms with van der Waals surface area (Å²) < 4.78 is 59.1. The summed E-state index contributed by atoms with van der Waals surface area (Å²) >= 11 is 6.36. The molecule has 1 aliphatic heterocycles. The standard InChI is InChI=1S/C50H51ClF3NO7/c1-31-7-5-22-48(2)42(21-23-49(48,59)30-55(29-38-10-6-24-60-38)47(58)61-37-16-13-33-8-3-4-9-34(33)27-37)39-17-12-32(25-36(56)15-11-31)26-40(39)46(57)45-20-19-44(62-45)41-28-35(50(52,53)54)14-18-43(41)51/h3-4,7-9,12-14,16-20,26-28,36,38,42,56,59H,5-6,10-11,15,21-25,29-30H2,1-2H3. The van der Waals surface area contributed by atoms with Gasteiger partial charge in [-0.1, -0.05) is 72.6 Å². The molecule has 5 unspecified atom stereocenters. The van der Waals surface area contributed by atoms with Crippen LogP contribution in [-0.2, 0) is 17.3 Å². The zero-order valence-corrected chi connectivity index (χ0v) is 35.6. The number of amides is 1. The van der Waals surface area contributed by atoms with Gasteiger partial charge in [0, 0.05) is 23.1 Å². The van der Waals surface area contributed by atoms with Crippen molar-refractivity contribution in [1.82, 2.24) is 4.90 Å². The molecular formula is C50H51ClF3NO7. The van der Waals surface area contributed by atoms with Crippen LogP contribution in [0.25, 0.3) is 22.1 Å². The molecule has 326 valence electrons. The monoisotopic (exact) mass is 869 g/mol. The van der Waals surface area contributed by atoms with Crippen molar-refractivity contribution in [3.63, 3.8) is 0 Å². The third-order valence-corrected chi connectivity index (χ3v) is 13.7. The molecule has 0 radical (unpaired) electrons. The molecule has 0 spiro atoms. The Morgan fingerprint density at radius 2 is 1.76 bits per heavy atom. The number of nitrogens with zero attached hydrogens (tertiary/aromatic N) is 1. The number of allylic oxidation sites excluding steroid dienone is 2. The minimum atomic E-state index is -4.62. The zero-order valence-electron chi connectivity index (χ0n) is 34.8. The highest BCUT2D eigenvalue weighted by molar-refractivity contribution is 6.33. The summed E-state index contributed by atoms with van der Waals surface area (Å²) in [6, 6.07) is 24.6. The Balaban J connectivity index is 1.16. The molecule has 1 saturated carbocycles. The van der Waals surface area contributed by atoms with Crippen LogP contribution in [0.2, 0.25) is 5.02 Å². The maximum atomic E-state index is 14.7. The molecule has 2 fully saturated rings. The van der Waals surface area contributed by atoms with Crippen LogP contribution in [0.1, 0.15) is 104 Å². The van der Waals surface area contributed by atoms with Crippen LogP contribution in [0.3, 0.4) is 0 Å². The summed E-state index contributed by atoms with van der Waals surface area (Å²) in [5, 5.41) is 26.2. The highest BCUT2D eigenvalue weighted by Crippen LogP contribution is 2.59. The first kappa shape index (κ1) is 43.7. The van der Waals surface area contributed by atoms with Crippen molar-refractivity contribution in [3.8, 4) is 17.1 Å². The minimum Gasteiger partial charge on any atom is -0.453 e. The third-order valence-electron chi connectivity index (χ3n) is 13.4. The Labute approximate surface area is 364 Å². The Morgan fingerprint density at radius 1 is 0.952 bits per heavy atom. The fourth-order valence-electron chi connectivity index (χ4n) is 9.77. The number of hydrogen-bond acceptors (Lipinski definition) is 7. The van der Waals surface area contributed by atoms with E-state index in [0.29, 0.717) is 68.4 Å². The van der Waals surface area contributed by atoms with E-state index in [0.717, 1.165) is 52.9 Å². The van der Waals surface area contributed by atoms with E-state index in [1.165, 1.54) is 12.1 Å². The fraction of sp³-hybridized carbons (Fsp3) is 0.400. The molecule has 5 atom stereocenters. The van der Waals surface area contributed by atoms with E-state index in [1.807, 2.05) is 62.4 Å². The molecule has 1 amide bonds. The molecule has 1 saturated heterocycles. The summed E-state index contributed by atoms with van der Waals surface area (Å²) in [6.07, 6.45) is 1.05. The lowest BCUT2D eigenvalue weighted by Crippen LogP contribution is -2.55. The first-order valence-corrected chi connectivity index (χ1v) is 21.8. The second-order valence-electron chi connectivity index (χ2n) is 17.5. The molecule has 8 nitrogen and oxygen atoms in total. The number of rotatable bonds is 8. The van der Waals surface area contributed by atoms with Gasteiger partial charge < -0.3 is 29.0 Å². The highest BCUT2D eigenvalue weighted by Gasteiger charge is 2.58. The number of aliphatic hydroxyl groups is 2. The van der Waals surface area contributed by atoms with Gasteiger partial charge in [-0.05, 0) is 141 Å². The summed E-state index contributed by atoms with van der Waals surface area (Å²) in [5.41, 5.74) is -0.406. The number of fused-ring (bicyclic) bond motifs is 9. The van der Waals surface area contributed by atoms with E-state index in [2.05, 4.69) is 6.08 Å². The smallest absolute Gasteiger partial charge is 0.416 e. The predicted octanol–water partition coefficient (Wildman–Crippen LogP) is 11.7. The molecule has 2 N–H and O–H groups in total. The number of carbonyl (C=O) groups is 2. The van der Waals surface area contributed by atoms with Gasteiger partial charge in [0.2, 0.25) is 5.78 Å². The number of halogens is 4. The molecule has 5 aromatic rings. The Bertz CT molecular complexity index is 2490. The van der Waals surface area contributed by atoms with Crippen molar-refractivity contribution in [2.24, 2.45) is 5.41 Å². The first-order valence-electron chi connectivity index (χ1n) is 21.4.